The van der Waals surface area contributed by atoms with E-state index in [9.17, 15) is 13.2 Å². The predicted octanol–water partition coefficient (Wildman–Crippen LogP) is 4.14. The minimum Gasteiger partial charge on any atom is -0.355 e. The number of anilines is 1. The summed E-state index contributed by atoms with van der Waals surface area (Å²) in [6, 6.07) is 4.35. The standard InChI is InChI=1S/C18H15F3N6S/c19-18(20,21)12-3-4-14-24-25-16(27(14)9-12)11-2-1-6-26(8-11)17-15-13(5-7-28-15)22-10-23-17/h3-5,7,9-11H,1-2,6,8H2. The van der Waals surface area contributed by atoms with Crippen molar-refractivity contribution in [2.24, 2.45) is 0 Å². The molecule has 0 amide bonds. The number of fused-ring (bicyclic) bond motifs is 2. The van der Waals surface area contributed by atoms with Crippen molar-refractivity contribution in [3.05, 3.63) is 47.5 Å². The maximum atomic E-state index is 13.1. The van der Waals surface area contributed by atoms with Crippen molar-refractivity contribution >= 4 is 33.0 Å². The highest BCUT2D eigenvalue weighted by molar-refractivity contribution is 7.17. The molecule has 6 nitrogen and oxygen atoms in total. The molecule has 4 aromatic rings. The van der Waals surface area contributed by atoms with Crippen LogP contribution in [0.15, 0.2) is 36.1 Å². The molecule has 1 atom stereocenters. The third-order valence-corrected chi connectivity index (χ3v) is 5.97. The number of hydrogen-bond acceptors (Lipinski definition) is 6. The first-order valence-electron chi connectivity index (χ1n) is 8.86. The van der Waals surface area contributed by atoms with Gasteiger partial charge in [-0.05, 0) is 36.4 Å². The zero-order valence-electron chi connectivity index (χ0n) is 14.6. The molecule has 0 aromatic carbocycles. The lowest BCUT2D eigenvalue weighted by molar-refractivity contribution is -0.137. The summed E-state index contributed by atoms with van der Waals surface area (Å²) in [5, 5.41) is 10.3. The van der Waals surface area contributed by atoms with E-state index in [4.69, 9.17) is 0 Å². The van der Waals surface area contributed by atoms with Crippen LogP contribution in [0, 0.1) is 0 Å². The fraction of sp³-hybridized carbons (Fsp3) is 0.333. The molecule has 0 bridgehead atoms. The molecule has 144 valence electrons. The van der Waals surface area contributed by atoms with E-state index in [0.717, 1.165) is 47.7 Å². The fourth-order valence-corrected chi connectivity index (χ4v) is 4.60. The SMILES string of the molecule is FC(F)(F)c1ccc2nnc(C3CCCN(c4ncnc5ccsc45)C3)n2c1. The molecule has 28 heavy (non-hydrogen) atoms. The Morgan fingerprint density at radius 3 is 2.86 bits per heavy atom. The molecule has 5 rings (SSSR count). The number of aromatic nitrogens is 5. The van der Waals surface area contributed by atoms with E-state index in [1.807, 2.05) is 11.4 Å². The van der Waals surface area contributed by atoms with Gasteiger partial charge in [0.1, 0.15) is 18.0 Å². The molecule has 1 saturated heterocycles. The Bertz CT molecular complexity index is 1150. The van der Waals surface area contributed by atoms with Crippen molar-refractivity contribution in [1.82, 2.24) is 24.6 Å². The van der Waals surface area contributed by atoms with E-state index < -0.39 is 11.7 Å². The van der Waals surface area contributed by atoms with Crippen LogP contribution in [-0.4, -0.2) is 37.7 Å². The lowest BCUT2D eigenvalue weighted by Crippen LogP contribution is -2.35. The Labute approximate surface area is 161 Å². The number of halogens is 3. The van der Waals surface area contributed by atoms with Gasteiger partial charge >= 0.3 is 6.18 Å². The summed E-state index contributed by atoms with van der Waals surface area (Å²) < 4.78 is 41.9. The Morgan fingerprint density at radius 1 is 1.11 bits per heavy atom. The summed E-state index contributed by atoms with van der Waals surface area (Å²) in [6.07, 6.45) is -0.0243. The van der Waals surface area contributed by atoms with Gasteiger partial charge in [-0.2, -0.15) is 13.2 Å². The van der Waals surface area contributed by atoms with E-state index in [0.29, 0.717) is 18.0 Å². The molecule has 1 unspecified atom stereocenters. The van der Waals surface area contributed by atoms with Crippen LogP contribution in [0.1, 0.15) is 30.1 Å². The molecule has 1 aliphatic rings. The molecular formula is C18H15F3N6S. The van der Waals surface area contributed by atoms with Crippen LogP contribution in [-0.2, 0) is 6.18 Å². The van der Waals surface area contributed by atoms with E-state index in [-0.39, 0.29) is 5.92 Å². The Kier molecular flexibility index (Phi) is 3.97. The van der Waals surface area contributed by atoms with Crippen molar-refractivity contribution in [2.75, 3.05) is 18.0 Å². The minimum absolute atomic E-state index is 0.0304. The zero-order chi connectivity index (χ0) is 19.3. The molecule has 0 aliphatic carbocycles. The van der Waals surface area contributed by atoms with Crippen molar-refractivity contribution in [3.63, 3.8) is 0 Å². The van der Waals surface area contributed by atoms with Gasteiger partial charge in [-0.3, -0.25) is 4.40 Å². The highest BCUT2D eigenvalue weighted by Gasteiger charge is 2.32. The van der Waals surface area contributed by atoms with Gasteiger partial charge in [0, 0.05) is 25.2 Å². The lowest BCUT2D eigenvalue weighted by atomic mass is 9.97. The third kappa shape index (κ3) is 2.88. The summed E-state index contributed by atoms with van der Waals surface area (Å²) in [5.74, 6) is 1.40. The molecule has 0 saturated carbocycles. The van der Waals surface area contributed by atoms with Crippen molar-refractivity contribution in [3.8, 4) is 0 Å². The Morgan fingerprint density at radius 2 is 2.00 bits per heavy atom. The lowest BCUT2D eigenvalue weighted by Gasteiger charge is -2.33. The summed E-state index contributed by atoms with van der Waals surface area (Å²) in [6.45, 7) is 1.46. The molecule has 1 aliphatic heterocycles. The largest absolute Gasteiger partial charge is 0.417 e. The van der Waals surface area contributed by atoms with Crippen LogP contribution in [0.3, 0.4) is 0 Å². The van der Waals surface area contributed by atoms with Gasteiger partial charge in [0.2, 0.25) is 0 Å². The molecular weight excluding hydrogens is 389 g/mol. The topological polar surface area (TPSA) is 59.2 Å². The molecule has 5 heterocycles. The minimum atomic E-state index is -4.40. The summed E-state index contributed by atoms with van der Waals surface area (Å²) in [5.41, 5.74) is 0.618. The van der Waals surface area contributed by atoms with Crippen LogP contribution in [0.5, 0.6) is 0 Å². The second kappa shape index (κ2) is 6.40. The zero-order valence-corrected chi connectivity index (χ0v) is 15.4. The highest BCUT2D eigenvalue weighted by atomic mass is 32.1. The van der Waals surface area contributed by atoms with Crippen LogP contribution in [0.2, 0.25) is 0 Å². The molecule has 4 aromatic heterocycles. The molecule has 0 radical (unpaired) electrons. The van der Waals surface area contributed by atoms with E-state index >= 15 is 0 Å². The number of pyridine rings is 1. The van der Waals surface area contributed by atoms with E-state index in [1.165, 1.54) is 10.5 Å². The number of nitrogens with zero attached hydrogens (tertiary/aromatic N) is 6. The fourth-order valence-electron chi connectivity index (χ4n) is 3.74. The van der Waals surface area contributed by atoms with Crippen molar-refractivity contribution in [2.45, 2.75) is 24.9 Å². The Hall–Kier alpha value is -2.75. The average Bonchev–Trinajstić information content (AvgIpc) is 3.33. The number of hydrogen-bond donors (Lipinski definition) is 0. The smallest absolute Gasteiger partial charge is 0.355 e. The quantitative estimate of drug-likeness (QED) is 0.503. The number of rotatable bonds is 2. The van der Waals surface area contributed by atoms with Crippen LogP contribution >= 0.6 is 11.3 Å². The van der Waals surface area contributed by atoms with Crippen LogP contribution < -0.4 is 4.90 Å². The van der Waals surface area contributed by atoms with Crippen molar-refractivity contribution < 1.29 is 13.2 Å². The van der Waals surface area contributed by atoms with Crippen LogP contribution in [0.25, 0.3) is 15.9 Å². The molecule has 1 fully saturated rings. The van der Waals surface area contributed by atoms with Gasteiger partial charge in [0.05, 0.1) is 15.8 Å². The number of piperidine rings is 1. The second-order valence-corrected chi connectivity index (χ2v) is 7.74. The van der Waals surface area contributed by atoms with E-state index in [2.05, 4.69) is 25.1 Å². The first kappa shape index (κ1) is 17.4. The normalized spacial score (nSPS) is 18.2. The van der Waals surface area contributed by atoms with Gasteiger partial charge in [-0.25, -0.2) is 9.97 Å². The van der Waals surface area contributed by atoms with Gasteiger partial charge in [-0.15, -0.1) is 21.5 Å². The highest BCUT2D eigenvalue weighted by Crippen LogP contribution is 2.34. The van der Waals surface area contributed by atoms with Gasteiger partial charge in [0.15, 0.2) is 5.65 Å². The summed E-state index contributed by atoms with van der Waals surface area (Å²) in [4.78, 5) is 10.9. The average molecular weight is 404 g/mol. The van der Waals surface area contributed by atoms with E-state index in [1.54, 1.807) is 17.7 Å². The van der Waals surface area contributed by atoms with Crippen molar-refractivity contribution in [1.29, 1.82) is 0 Å². The first-order chi connectivity index (χ1) is 13.5. The summed E-state index contributed by atoms with van der Waals surface area (Å²) >= 11 is 1.59. The van der Waals surface area contributed by atoms with Crippen LogP contribution in [0.4, 0.5) is 19.0 Å². The Balaban J connectivity index is 1.51. The maximum absolute atomic E-state index is 13.1. The molecule has 0 spiro atoms. The van der Waals surface area contributed by atoms with Gasteiger partial charge in [0.25, 0.3) is 0 Å². The van der Waals surface area contributed by atoms with Gasteiger partial charge in [-0.1, -0.05) is 0 Å². The third-order valence-electron chi connectivity index (χ3n) is 5.07. The maximum Gasteiger partial charge on any atom is 0.417 e. The second-order valence-electron chi connectivity index (χ2n) is 6.82. The first-order valence-corrected chi connectivity index (χ1v) is 9.74. The summed E-state index contributed by atoms with van der Waals surface area (Å²) in [7, 11) is 0. The number of alkyl halides is 3. The van der Waals surface area contributed by atoms with Gasteiger partial charge < -0.3 is 4.90 Å². The monoisotopic (exact) mass is 404 g/mol. The number of thiophene rings is 1. The molecule has 10 heteroatoms. The predicted molar refractivity (Wildman–Crippen MR) is 99.6 cm³/mol. The molecule has 0 N–H and O–H groups in total.